The molecule has 0 unspecified atom stereocenters. The van der Waals surface area contributed by atoms with E-state index in [1.807, 2.05) is 24.3 Å². The number of nitrogens with two attached hydrogens (primary N) is 1. The van der Waals surface area contributed by atoms with Gasteiger partial charge in [-0.1, -0.05) is 29.8 Å². The molecule has 10 heteroatoms. The molecule has 1 aromatic heterocycles. The lowest BCUT2D eigenvalue weighted by molar-refractivity contribution is 0.284. The number of fused-ring (bicyclic) bond motifs is 1. The lowest BCUT2D eigenvalue weighted by Crippen LogP contribution is -2.32. The summed E-state index contributed by atoms with van der Waals surface area (Å²) in [5.74, 6) is 2.22. The Bertz CT molecular complexity index is 1220. The van der Waals surface area contributed by atoms with E-state index in [2.05, 4.69) is 25.3 Å². The van der Waals surface area contributed by atoms with Gasteiger partial charge in [-0.3, -0.25) is 0 Å². The zero-order valence-electron chi connectivity index (χ0n) is 19.0. The van der Waals surface area contributed by atoms with Crippen LogP contribution in [0.1, 0.15) is 25.7 Å². The normalized spacial score (nSPS) is 18.6. The van der Waals surface area contributed by atoms with E-state index in [4.69, 9.17) is 17.3 Å². The van der Waals surface area contributed by atoms with E-state index in [0.29, 0.717) is 42.4 Å². The molecule has 0 aliphatic heterocycles. The first-order chi connectivity index (χ1) is 16.4. The van der Waals surface area contributed by atoms with Gasteiger partial charge in [0.1, 0.15) is 5.82 Å². The molecule has 0 atom stereocenters. The maximum atomic E-state index is 12.5. The first-order valence-electron chi connectivity index (χ1n) is 11.6. The van der Waals surface area contributed by atoms with Crippen molar-refractivity contribution in [1.29, 1.82) is 0 Å². The van der Waals surface area contributed by atoms with Crippen LogP contribution < -0.4 is 21.1 Å². The van der Waals surface area contributed by atoms with Gasteiger partial charge in [0, 0.05) is 36.6 Å². The molecule has 1 fully saturated rings. The lowest BCUT2D eigenvalue weighted by Gasteiger charge is -2.28. The number of sulfonamides is 1. The van der Waals surface area contributed by atoms with E-state index in [1.165, 1.54) is 6.07 Å². The number of hydrogen-bond acceptors (Lipinski definition) is 7. The van der Waals surface area contributed by atoms with Gasteiger partial charge in [0.15, 0.2) is 0 Å². The van der Waals surface area contributed by atoms with E-state index in [1.54, 1.807) is 18.2 Å². The quantitative estimate of drug-likeness (QED) is 0.332. The molecule has 182 valence electrons. The van der Waals surface area contributed by atoms with Crippen LogP contribution in [-0.2, 0) is 10.0 Å². The van der Waals surface area contributed by atoms with Crippen LogP contribution in [-0.4, -0.2) is 44.6 Å². The molecule has 34 heavy (non-hydrogen) atoms. The number of nitrogens with one attached hydrogen (secondary N) is 3. The van der Waals surface area contributed by atoms with Gasteiger partial charge in [-0.2, -0.15) is 4.98 Å². The van der Waals surface area contributed by atoms with Gasteiger partial charge in [-0.25, -0.2) is 18.1 Å². The summed E-state index contributed by atoms with van der Waals surface area (Å²) in [6, 6.07) is 14.3. The molecule has 4 rings (SSSR count). The smallest absolute Gasteiger partial charge is 0.240 e. The minimum absolute atomic E-state index is 0.202. The van der Waals surface area contributed by atoms with Gasteiger partial charge in [-0.15, -0.1) is 0 Å². The van der Waals surface area contributed by atoms with Crippen molar-refractivity contribution in [3.05, 3.63) is 53.6 Å². The molecular formula is C24H31ClN6O2S. The number of halogens is 1. The van der Waals surface area contributed by atoms with Gasteiger partial charge in [0.25, 0.3) is 0 Å². The average molecular weight is 503 g/mol. The van der Waals surface area contributed by atoms with Crippen molar-refractivity contribution < 1.29 is 8.42 Å². The third-order valence-corrected chi connectivity index (χ3v) is 7.88. The van der Waals surface area contributed by atoms with Crippen molar-refractivity contribution in [1.82, 2.24) is 14.7 Å². The SMILES string of the molecule is NCCNc1nc(NC[C@H]2CC[C@H](CNS(=O)(=O)c3cccc(Cl)c3)CC2)nc2ccccc12. The standard InChI is InChI=1S/C24H31ClN6O2S/c25-19-4-3-5-20(14-19)34(32,33)29-16-18-10-8-17(9-11-18)15-28-24-30-22-7-2-1-6-21(22)23(31-24)27-13-12-26/h1-7,14,17-18,29H,8-13,15-16,26H2,(H2,27,28,30,31)/t17-,18-. The molecule has 5 N–H and O–H groups in total. The third-order valence-electron chi connectivity index (χ3n) is 6.22. The van der Waals surface area contributed by atoms with E-state index < -0.39 is 10.0 Å². The van der Waals surface area contributed by atoms with Crippen LogP contribution in [0.4, 0.5) is 11.8 Å². The largest absolute Gasteiger partial charge is 0.368 e. The van der Waals surface area contributed by atoms with Gasteiger partial charge in [0.05, 0.1) is 10.4 Å². The highest BCUT2D eigenvalue weighted by Crippen LogP contribution is 2.29. The number of nitrogens with zero attached hydrogens (tertiary/aromatic N) is 2. The molecule has 0 spiro atoms. The zero-order chi connectivity index (χ0) is 24.0. The summed E-state index contributed by atoms with van der Waals surface area (Å²) in [5, 5.41) is 8.07. The number of benzene rings is 2. The fraction of sp³-hybridized carbons (Fsp3) is 0.417. The first kappa shape index (κ1) is 24.7. The molecule has 1 aliphatic rings. The highest BCUT2D eigenvalue weighted by molar-refractivity contribution is 7.89. The summed E-state index contributed by atoms with van der Waals surface area (Å²) in [6.07, 6.45) is 4.02. The summed E-state index contributed by atoms with van der Waals surface area (Å²) in [7, 11) is -3.55. The number of para-hydroxylation sites is 1. The first-order valence-corrected chi connectivity index (χ1v) is 13.5. The summed E-state index contributed by atoms with van der Waals surface area (Å²) < 4.78 is 27.8. The fourth-order valence-corrected chi connectivity index (χ4v) is 5.72. The average Bonchev–Trinajstić information content (AvgIpc) is 2.85. The summed E-state index contributed by atoms with van der Waals surface area (Å²) in [5.41, 5.74) is 6.53. The lowest BCUT2D eigenvalue weighted by atomic mass is 9.82. The van der Waals surface area contributed by atoms with Crippen molar-refractivity contribution in [3.8, 4) is 0 Å². The zero-order valence-corrected chi connectivity index (χ0v) is 20.6. The van der Waals surface area contributed by atoms with Crippen LogP contribution in [0.15, 0.2) is 53.4 Å². The van der Waals surface area contributed by atoms with E-state index >= 15 is 0 Å². The van der Waals surface area contributed by atoms with E-state index in [-0.39, 0.29) is 4.90 Å². The summed E-state index contributed by atoms with van der Waals surface area (Å²) in [4.78, 5) is 9.51. The Morgan fingerprint density at radius 3 is 2.41 bits per heavy atom. The van der Waals surface area contributed by atoms with Gasteiger partial charge in [0.2, 0.25) is 16.0 Å². The van der Waals surface area contributed by atoms with Crippen LogP contribution in [0.2, 0.25) is 5.02 Å². The summed E-state index contributed by atoms with van der Waals surface area (Å²) >= 11 is 5.93. The van der Waals surface area contributed by atoms with Crippen LogP contribution in [0.3, 0.4) is 0 Å². The minimum Gasteiger partial charge on any atom is -0.368 e. The molecule has 8 nitrogen and oxygen atoms in total. The van der Waals surface area contributed by atoms with Crippen molar-refractivity contribution in [2.24, 2.45) is 17.6 Å². The highest BCUT2D eigenvalue weighted by atomic mass is 35.5. The number of rotatable bonds is 10. The predicted molar refractivity (Wildman–Crippen MR) is 138 cm³/mol. The molecular weight excluding hydrogens is 472 g/mol. The number of anilines is 2. The van der Waals surface area contributed by atoms with Gasteiger partial charge >= 0.3 is 0 Å². The Hall–Kier alpha value is -2.46. The maximum absolute atomic E-state index is 12.5. The van der Waals surface area contributed by atoms with Crippen LogP contribution in [0, 0.1) is 11.8 Å². The van der Waals surface area contributed by atoms with Crippen LogP contribution in [0.25, 0.3) is 10.9 Å². The van der Waals surface area contributed by atoms with Crippen molar-refractivity contribution in [2.45, 2.75) is 30.6 Å². The molecule has 1 aliphatic carbocycles. The minimum atomic E-state index is -3.55. The number of hydrogen-bond donors (Lipinski definition) is 4. The Labute approximate surface area is 205 Å². The third kappa shape index (κ3) is 6.35. The van der Waals surface area contributed by atoms with Crippen LogP contribution in [0.5, 0.6) is 0 Å². The fourth-order valence-electron chi connectivity index (χ4n) is 4.30. The van der Waals surface area contributed by atoms with Crippen LogP contribution >= 0.6 is 11.6 Å². The maximum Gasteiger partial charge on any atom is 0.240 e. The topological polar surface area (TPSA) is 122 Å². The molecule has 0 bridgehead atoms. The van der Waals surface area contributed by atoms with Crippen molar-refractivity contribution >= 4 is 44.3 Å². The van der Waals surface area contributed by atoms with Gasteiger partial charge in [-0.05, 0) is 67.9 Å². The predicted octanol–water partition coefficient (Wildman–Crippen LogP) is 3.85. The Balaban J connectivity index is 1.28. The second kappa shape index (κ2) is 11.3. The molecule has 1 saturated carbocycles. The van der Waals surface area contributed by atoms with Crippen molar-refractivity contribution in [3.63, 3.8) is 0 Å². The van der Waals surface area contributed by atoms with E-state index in [0.717, 1.165) is 48.9 Å². The van der Waals surface area contributed by atoms with E-state index in [9.17, 15) is 8.42 Å². The molecule has 1 heterocycles. The Morgan fingerprint density at radius 2 is 1.68 bits per heavy atom. The molecule has 2 aromatic carbocycles. The molecule has 0 radical (unpaired) electrons. The highest BCUT2D eigenvalue weighted by Gasteiger charge is 2.23. The number of aromatic nitrogens is 2. The second-order valence-electron chi connectivity index (χ2n) is 8.71. The van der Waals surface area contributed by atoms with Crippen molar-refractivity contribution in [2.75, 3.05) is 36.8 Å². The Morgan fingerprint density at radius 1 is 0.941 bits per heavy atom. The molecule has 0 amide bonds. The molecule has 0 saturated heterocycles. The Kier molecular flexibility index (Phi) is 8.20. The van der Waals surface area contributed by atoms with Gasteiger partial charge < -0.3 is 16.4 Å². The monoisotopic (exact) mass is 502 g/mol. The second-order valence-corrected chi connectivity index (χ2v) is 10.9. The molecule has 3 aromatic rings. The summed E-state index contributed by atoms with van der Waals surface area (Å²) in [6.45, 7) is 2.40.